The van der Waals surface area contributed by atoms with Crippen molar-refractivity contribution >= 4 is 23.7 Å². The van der Waals surface area contributed by atoms with Gasteiger partial charge >= 0.3 is 12.1 Å². The quantitative estimate of drug-likeness (QED) is 0.827. The number of benzene rings is 1. The van der Waals surface area contributed by atoms with Crippen LogP contribution >= 0.6 is 0 Å². The molecule has 1 aromatic carbocycles. The van der Waals surface area contributed by atoms with Crippen LogP contribution in [0.2, 0.25) is 0 Å². The molecule has 1 spiro atoms. The second-order valence-corrected chi connectivity index (χ2v) is 8.22. The maximum atomic E-state index is 12.8. The molecular weight excluding hydrogens is 376 g/mol. The summed E-state index contributed by atoms with van der Waals surface area (Å²) in [7, 11) is 1.59. The third-order valence-corrected chi connectivity index (χ3v) is 6.30. The second kappa shape index (κ2) is 6.53. The van der Waals surface area contributed by atoms with Crippen molar-refractivity contribution in [1.82, 2.24) is 14.7 Å². The highest BCUT2D eigenvalue weighted by Gasteiger charge is 2.63. The normalized spacial score (nSPS) is 24.7. The summed E-state index contributed by atoms with van der Waals surface area (Å²) in [6.45, 7) is 2.10. The van der Waals surface area contributed by atoms with Gasteiger partial charge in [0, 0.05) is 31.2 Å². The maximum Gasteiger partial charge on any atom is 0.411 e. The largest absolute Gasteiger partial charge is 0.497 e. The number of carbonyl (C=O) groups excluding carboxylic acids is 3. The minimum absolute atomic E-state index is 0.152. The second-order valence-electron chi connectivity index (χ2n) is 8.22. The van der Waals surface area contributed by atoms with Crippen molar-refractivity contribution in [2.24, 2.45) is 5.92 Å². The average Bonchev–Trinajstić information content (AvgIpc) is 3.51. The third kappa shape index (κ3) is 3.04. The van der Waals surface area contributed by atoms with E-state index in [9.17, 15) is 14.4 Å². The van der Waals surface area contributed by atoms with Crippen molar-refractivity contribution in [2.75, 3.05) is 45.2 Å². The fourth-order valence-corrected chi connectivity index (χ4v) is 4.43. The lowest BCUT2D eigenvalue weighted by Crippen LogP contribution is -2.72. The molecule has 1 N–H and O–H groups in total. The SMILES string of the molecule is COc1ccc(NC(=O)N2CCN3C(=O)OC4(CN(C(=O)C5CC5)C4)C3C2)cc1. The average molecular weight is 400 g/mol. The van der Waals surface area contributed by atoms with Gasteiger partial charge in [-0.25, -0.2) is 9.59 Å². The molecule has 3 aliphatic heterocycles. The van der Waals surface area contributed by atoms with E-state index in [1.165, 1.54) is 0 Å². The summed E-state index contributed by atoms with van der Waals surface area (Å²) in [4.78, 5) is 42.6. The molecule has 1 aromatic rings. The predicted molar refractivity (Wildman–Crippen MR) is 103 cm³/mol. The summed E-state index contributed by atoms with van der Waals surface area (Å²) in [5, 5.41) is 2.89. The van der Waals surface area contributed by atoms with Crippen LogP contribution in [0.15, 0.2) is 24.3 Å². The molecule has 3 heterocycles. The van der Waals surface area contributed by atoms with E-state index in [0.29, 0.717) is 38.4 Å². The number of amides is 4. The zero-order chi connectivity index (χ0) is 20.2. The number of urea groups is 1. The van der Waals surface area contributed by atoms with Crippen LogP contribution in [-0.4, -0.2) is 84.2 Å². The number of methoxy groups -OCH3 is 1. The van der Waals surface area contributed by atoms with E-state index in [2.05, 4.69) is 5.32 Å². The Hall–Kier alpha value is -2.97. The maximum absolute atomic E-state index is 12.8. The number of hydrogen-bond donors (Lipinski definition) is 1. The molecule has 29 heavy (non-hydrogen) atoms. The van der Waals surface area contributed by atoms with E-state index in [-0.39, 0.29) is 30.0 Å². The van der Waals surface area contributed by atoms with Crippen LogP contribution in [0.4, 0.5) is 15.3 Å². The summed E-state index contributed by atoms with van der Waals surface area (Å²) in [6, 6.07) is 6.69. The standard InChI is InChI=1S/C20H24N4O5/c1-28-15-6-4-14(5-7-15)21-18(26)22-8-9-24-16(10-22)20(29-19(24)27)11-23(12-20)17(25)13-2-3-13/h4-7,13,16H,2-3,8-12H2,1H3,(H,21,26). The smallest absolute Gasteiger partial charge is 0.411 e. The Bertz CT molecular complexity index is 847. The van der Waals surface area contributed by atoms with Gasteiger partial charge in [0.25, 0.3) is 0 Å². The van der Waals surface area contributed by atoms with Crippen LogP contribution in [-0.2, 0) is 9.53 Å². The molecule has 0 aromatic heterocycles. The van der Waals surface area contributed by atoms with E-state index < -0.39 is 5.60 Å². The van der Waals surface area contributed by atoms with Crippen LogP contribution < -0.4 is 10.1 Å². The van der Waals surface area contributed by atoms with E-state index in [4.69, 9.17) is 9.47 Å². The van der Waals surface area contributed by atoms with Crippen molar-refractivity contribution in [2.45, 2.75) is 24.5 Å². The first-order chi connectivity index (χ1) is 14.0. The van der Waals surface area contributed by atoms with Gasteiger partial charge in [-0.15, -0.1) is 0 Å². The first-order valence-corrected chi connectivity index (χ1v) is 9.97. The number of carbonyl (C=O) groups is 3. The summed E-state index contributed by atoms with van der Waals surface area (Å²) in [5.41, 5.74) is -0.0164. The third-order valence-electron chi connectivity index (χ3n) is 6.30. The fraction of sp³-hybridized carbons (Fsp3) is 0.550. The molecule has 4 fully saturated rings. The van der Waals surface area contributed by atoms with E-state index in [1.807, 2.05) is 0 Å². The summed E-state index contributed by atoms with van der Waals surface area (Å²) in [5.74, 6) is 1.03. The molecule has 9 nitrogen and oxygen atoms in total. The molecular formula is C20H24N4O5. The first-order valence-electron chi connectivity index (χ1n) is 9.97. The molecule has 4 aliphatic rings. The highest BCUT2D eigenvalue weighted by Crippen LogP contribution is 2.42. The van der Waals surface area contributed by atoms with Crippen molar-refractivity contribution in [1.29, 1.82) is 0 Å². The molecule has 154 valence electrons. The Labute approximate surface area is 168 Å². The van der Waals surface area contributed by atoms with Crippen molar-refractivity contribution in [3.8, 4) is 5.75 Å². The number of nitrogens with one attached hydrogen (secondary N) is 1. The minimum Gasteiger partial charge on any atom is -0.497 e. The molecule has 5 rings (SSSR count). The van der Waals surface area contributed by atoms with Gasteiger partial charge in [-0.05, 0) is 37.1 Å². The number of fused-ring (bicyclic) bond motifs is 2. The van der Waals surface area contributed by atoms with Gasteiger partial charge in [0.15, 0.2) is 5.60 Å². The van der Waals surface area contributed by atoms with E-state index >= 15 is 0 Å². The van der Waals surface area contributed by atoms with Crippen LogP contribution in [0.3, 0.4) is 0 Å². The van der Waals surface area contributed by atoms with Crippen LogP contribution in [0, 0.1) is 5.92 Å². The van der Waals surface area contributed by atoms with E-state index in [1.54, 1.807) is 46.1 Å². The molecule has 1 saturated carbocycles. The first kappa shape index (κ1) is 18.1. The Morgan fingerprint density at radius 3 is 2.52 bits per heavy atom. The number of ether oxygens (including phenoxy) is 2. The lowest BCUT2D eigenvalue weighted by atomic mass is 9.84. The summed E-state index contributed by atoms with van der Waals surface area (Å²) < 4.78 is 10.8. The van der Waals surface area contributed by atoms with Gasteiger partial charge in [-0.2, -0.15) is 0 Å². The fourth-order valence-electron chi connectivity index (χ4n) is 4.43. The summed E-state index contributed by atoms with van der Waals surface area (Å²) in [6.07, 6.45) is 1.57. The number of likely N-dealkylation sites (tertiary alicyclic amines) is 1. The lowest BCUT2D eigenvalue weighted by Gasteiger charge is -2.51. The zero-order valence-electron chi connectivity index (χ0n) is 16.3. The van der Waals surface area contributed by atoms with Gasteiger partial charge in [0.1, 0.15) is 5.75 Å². The van der Waals surface area contributed by atoms with Gasteiger partial charge in [-0.1, -0.05) is 0 Å². The van der Waals surface area contributed by atoms with Crippen LogP contribution in [0.25, 0.3) is 0 Å². The number of hydrogen-bond acceptors (Lipinski definition) is 5. The van der Waals surface area contributed by atoms with Gasteiger partial charge in [0.05, 0.1) is 26.2 Å². The van der Waals surface area contributed by atoms with E-state index in [0.717, 1.165) is 18.6 Å². The van der Waals surface area contributed by atoms with Gasteiger partial charge in [0.2, 0.25) is 5.91 Å². The monoisotopic (exact) mass is 400 g/mol. The number of rotatable bonds is 3. The minimum atomic E-state index is -0.694. The highest BCUT2D eigenvalue weighted by atomic mass is 16.6. The molecule has 0 radical (unpaired) electrons. The molecule has 4 amide bonds. The van der Waals surface area contributed by atoms with Crippen molar-refractivity contribution in [3.05, 3.63) is 24.3 Å². The Morgan fingerprint density at radius 2 is 1.86 bits per heavy atom. The Kier molecular flexibility index (Phi) is 4.07. The number of anilines is 1. The van der Waals surface area contributed by atoms with Gasteiger partial charge in [-0.3, -0.25) is 9.69 Å². The molecule has 3 saturated heterocycles. The van der Waals surface area contributed by atoms with Crippen molar-refractivity contribution < 1.29 is 23.9 Å². The molecule has 9 heteroatoms. The lowest BCUT2D eigenvalue weighted by molar-refractivity contribution is -0.156. The van der Waals surface area contributed by atoms with Crippen LogP contribution in [0.1, 0.15) is 12.8 Å². The molecule has 1 unspecified atom stereocenters. The molecule has 1 aliphatic carbocycles. The predicted octanol–water partition coefficient (Wildman–Crippen LogP) is 1.35. The number of nitrogens with zero attached hydrogens (tertiary/aromatic N) is 3. The highest BCUT2D eigenvalue weighted by molar-refractivity contribution is 5.90. The van der Waals surface area contributed by atoms with Crippen molar-refractivity contribution in [3.63, 3.8) is 0 Å². The molecule has 0 bridgehead atoms. The Morgan fingerprint density at radius 1 is 1.14 bits per heavy atom. The van der Waals surface area contributed by atoms with Gasteiger partial charge < -0.3 is 24.6 Å². The Balaban J connectivity index is 1.24. The molecule has 1 atom stereocenters. The zero-order valence-corrected chi connectivity index (χ0v) is 16.3. The van der Waals surface area contributed by atoms with Crippen LogP contribution in [0.5, 0.6) is 5.75 Å². The summed E-state index contributed by atoms with van der Waals surface area (Å²) >= 11 is 0. The topological polar surface area (TPSA) is 91.4 Å². The number of piperazine rings is 1.